The molecule has 0 radical (unpaired) electrons. The Labute approximate surface area is 332 Å². The molecule has 0 fully saturated rings. The fraction of sp³-hybridized carbons (Fsp3) is 0.0741. The van der Waals surface area contributed by atoms with E-state index in [-0.39, 0.29) is 0 Å². The Hall–Kier alpha value is -7.10. The van der Waals surface area contributed by atoms with Crippen LogP contribution in [0.15, 0.2) is 176 Å². The number of anilines is 6. The fourth-order valence-corrected chi connectivity index (χ4v) is 9.34. The van der Waals surface area contributed by atoms with Gasteiger partial charge >= 0.3 is 0 Å². The molecule has 3 heteroatoms. The van der Waals surface area contributed by atoms with Gasteiger partial charge in [-0.1, -0.05) is 102 Å². The number of aromatic nitrogens is 1. The van der Waals surface area contributed by atoms with Crippen LogP contribution in [0.25, 0.3) is 59.6 Å². The van der Waals surface area contributed by atoms with Crippen molar-refractivity contribution in [2.24, 2.45) is 0 Å². The molecule has 0 saturated carbocycles. The van der Waals surface area contributed by atoms with E-state index >= 15 is 0 Å². The van der Waals surface area contributed by atoms with E-state index in [1.54, 1.807) is 0 Å². The molecule has 0 aliphatic rings. The van der Waals surface area contributed by atoms with Crippen molar-refractivity contribution in [2.45, 2.75) is 27.7 Å². The highest BCUT2D eigenvalue weighted by Crippen LogP contribution is 2.44. The molecule has 0 amide bonds. The van der Waals surface area contributed by atoms with Gasteiger partial charge in [0, 0.05) is 55.7 Å². The van der Waals surface area contributed by atoms with E-state index in [4.69, 9.17) is 0 Å². The molecule has 9 aromatic carbocycles. The first-order valence-electron chi connectivity index (χ1n) is 19.8. The van der Waals surface area contributed by atoms with Crippen molar-refractivity contribution >= 4 is 93.8 Å². The van der Waals surface area contributed by atoms with Crippen molar-refractivity contribution in [3.63, 3.8) is 0 Å². The van der Waals surface area contributed by atoms with E-state index in [9.17, 15) is 0 Å². The molecule has 0 aliphatic carbocycles. The Morgan fingerprint density at radius 1 is 0.333 bits per heavy atom. The third kappa shape index (κ3) is 5.27. The van der Waals surface area contributed by atoms with E-state index in [2.05, 4.69) is 218 Å². The van der Waals surface area contributed by atoms with Crippen LogP contribution < -0.4 is 9.80 Å². The number of para-hydroxylation sites is 3. The normalized spacial score (nSPS) is 11.9. The molecule has 57 heavy (non-hydrogen) atoms. The van der Waals surface area contributed by atoms with Crippen molar-refractivity contribution in [3.8, 4) is 0 Å². The minimum atomic E-state index is 1.14. The minimum Gasteiger partial charge on any atom is -0.310 e. The number of hydrogen-bond donors (Lipinski definition) is 0. The van der Waals surface area contributed by atoms with Gasteiger partial charge in [-0.25, -0.2) is 0 Å². The topological polar surface area (TPSA) is 10.9 Å². The lowest BCUT2D eigenvalue weighted by Crippen LogP contribution is -2.11. The Balaban J connectivity index is 1.13. The summed E-state index contributed by atoms with van der Waals surface area (Å²) in [7, 11) is 0. The lowest BCUT2D eigenvalue weighted by Gasteiger charge is -2.27. The van der Waals surface area contributed by atoms with Gasteiger partial charge in [0.1, 0.15) is 0 Å². The molecule has 0 bridgehead atoms. The second-order valence-corrected chi connectivity index (χ2v) is 15.8. The van der Waals surface area contributed by atoms with E-state index in [1.165, 1.54) is 93.3 Å². The zero-order valence-corrected chi connectivity index (χ0v) is 32.6. The summed E-state index contributed by atoms with van der Waals surface area (Å²) in [5.41, 5.74) is 15.7. The Morgan fingerprint density at radius 3 is 1.23 bits per heavy atom. The van der Waals surface area contributed by atoms with E-state index in [0.717, 1.165) is 22.7 Å². The highest BCUT2D eigenvalue weighted by Gasteiger charge is 2.21. The van der Waals surface area contributed by atoms with E-state index in [1.807, 2.05) is 0 Å². The van der Waals surface area contributed by atoms with Gasteiger partial charge in [0.15, 0.2) is 0 Å². The molecule has 0 N–H and O–H groups in total. The highest BCUT2D eigenvalue weighted by atomic mass is 15.1. The third-order valence-corrected chi connectivity index (χ3v) is 11.9. The van der Waals surface area contributed by atoms with Crippen LogP contribution in [0.3, 0.4) is 0 Å². The van der Waals surface area contributed by atoms with Gasteiger partial charge in [-0.05, 0) is 145 Å². The number of rotatable bonds is 6. The summed E-state index contributed by atoms with van der Waals surface area (Å²) in [4.78, 5) is 4.78. The Kier molecular flexibility index (Phi) is 7.42. The lowest BCUT2D eigenvalue weighted by atomic mass is 10.0. The smallest absolute Gasteiger partial charge is 0.0620 e. The summed E-state index contributed by atoms with van der Waals surface area (Å²) in [6.45, 7) is 8.74. The number of nitrogens with zero attached hydrogens (tertiary/aromatic N) is 3. The molecule has 11 aromatic rings. The highest BCUT2D eigenvalue weighted by molar-refractivity contribution is 6.26. The molecule has 0 atom stereocenters. The van der Waals surface area contributed by atoms with Crippen molar-refractivity contribution in [1.29, 1.82) is 0 Å². The summed E-state index contributed by atoms with van der Waals surface area (Å²) in [6.07, 6.45) is 0. The van der Waals surface area contributed by atoms with Gasteiger partial charge in [-0.3, -0.25) is 0 Å². The average molecular weight is 732 g/mol. The molecule has 2 heterocycles. The molecule has 11 rings (SSSR count). The van der Waals surface area contributed by atoms with Crippen molar-refractivity contribution in [1.82, 2.24) is 4.40 Å². The lowest BCUT2D eigenvalue weighted by molar-refractivity contribution is 1.24. The Morgan fingerprint density at radius 2 is 0.789 bits per heavy atom. The van der Waals surface area contributed by atoms with Crippen LogP contribution in [-0.2, 0) is 0 Å². The molecule has 3 nitrogen and oxygen atoms in total. The molecule has 0 unspecified atom stereocenters. The molecular formula is C54H41N3. The van der Waals surface area contributed by atoms with Crippen molar-refractivity contribution in [3.05, 3.63) is 198 Å². The van der Waals surface area contributed by atoms with Crippen LogP contribution in [0.4, 0.5) is 34.1 Å². The van der Waals surface area contributed by atoms with Crippen LogP contribution in [0.1, 0.15) is 22.3 Å². The van der Waals surface area contributed by atoms with Gasteiger partial charge < -0.3 is 14.2 Å². The minimum absolute atomic E-state index is 1.14. The second kappa shape index (κ2) is 12.7. The average Bonchev–Trinajstić information content (AvgIpc) is 3.73. The van der Waals surface area contributed by atoms with Crippen LogP contribution in [0.2, 0.25) is 0 Å². The van der Waals surface area contributed by atoms with Crippen LogP contribution in [0.5, 0.6) is 0 Å². The SMILES string of the molecule is Cc1ccc(N(c2ccccc2)c2ccc3cc4c5cccc6c7cc8ccc(N(c9ccccc9)c9ccc(C)cc9C)cc8cc7n(c4cc3c2)c56)c(C)c1. The summed E-state index contributed by atoms with van der Waals surface area (Å²) >= 11 is 0. The molecule has 272 valence electrons. The van der Waals surface area contributed by atoms with Crippen molar-refractivity contribution in [2.75, 3.05) is 9.80 Å². The predicted octanol–water partition coefficient (Wildman–Crippen LogP) is 15.3. The summed E-state index contributed by atoms with van der Waals surface area (Å²) in [5, 5.41) is 10.1. The molecule has 0 aliphatic heterocycles. The number of hydrogen-bond acceptors (Lipinski definition) is 2. The van der Waals surface area contributed by atoms with Gasteiger partial charge in [0.25, 0.3) is 0 Å². The molecule has 0 saturated heterocycles. The summed E-state index contributed by atoms with van der Waals surface area (Å²) in [5.74, 6) is 0. The van der Waals surface area contributed by atoms with Crippen molar-refractivity contribution < 1.29 is 0 Å². The Bertz CT molecular complexity index is 3120. The third-order valence-electron chi connectivity index (χ3n) is 11.9. The first kappa shape index (κ1) is 33.3. The maximum atomic E-state index is 2.52. The van der Waals surface area contributed by atoms with E-state index in [0.29, 0.717) is 0 Å². The number of aryl methyl sites for hydroxylation is 4. The van der Waals surface area contributed by atoms with Gasteiger partial charge in [-0.15, -0.1) is 0 Å². The quantitative estimate of drug-likeness (QED) is 0.169. The maximum absolute atomic E-state index is 2.52. The predicted molar refractivity (Wildman–Crippen MR) is 244 cm³/mol. The first-order valence-corrected chi connectivity index (χ1v) is 19.8. The van der Waals surface area contributed by atoms with E-state index < -0.39 is 0 Å². The van der Waals surface area contributed by atoms with Gasteiger partial charge in [0.05, 0.1) is 16.6 Å². The zero-order valence-electron chi connectivity index (χ0n) is 32.6. The largest absolute Gasteiger partial charge is 0.310 e. The molecular weight excluding hydrogens is 691 g/mol. The van der Waals surface area contributed by atoms with Gasteiger partial charge in [0.2, 0.25) is 0 Å². The summed E-state index contributed by atoms with van der Waals surface area (Å²) < 4.78 is 2.52. The standard InChI is InChI=1S/C54H41N3/c1-34-18-24-50(36(3)26-34)55(42-12-7-5-8-13-42)44-22-20-38-30-48-46-16-11-17-47-49-31-39-21-23-45(29-41(39)33-53(49)57(54(46)47)52(48)32-40(38)28-44)56(43-14-9-6-10-15-43)51-25-19-35(2)27-37(51)4/h5-33H,1-4H3. The second-order valence-electron chi connectivity index (χ2n) is 15.8. The number of fused-ring (bicyclic) bond motifs is 8. The monoisotopic (exact) mass is 731 g/mol. The molecule has 0 spiro atoms. The first-order chi connectivity index (χ1) is 27.9. The summed E-state index contributed by atoms with van der Waals surface area (Å²) in [6, 6.07) is 65.2. The molecule has 2 aromatic heterocycles. The number of benzene rings is 9. The van der Waals surface area contributed by atoms with Crippen LogP contribution in [-0.4, -0.2) is 4.40 Å². The van der Waals surface area contributed by atoms with Gasteiger partial charge in [-0.2, -0.15) is 0 Å². The fourth-order valence-electron chi connectivity index (χ4n) is 9.34. The maximum Gasteiger partial charge on any atom is 0.0620 e. The zero-order chi connectivity index (χ0) is 38.4. The van der Waals surface area contributed by atoms with Crippen LogP contribution >= 0.6 is 0 Å². The van der Waals surface area contributed by atoms with Crippen LogP contribution in [0, 0.1) is 27.7 Å².